The van der Waals surface area contributed by atoms with Crippen LogP contribution in [-0.4, -0.2) is 17.9 Å². The number of hydrogen-bond donors (Lipinski definition) is 1. The molecule has 2 aromatic rings. The summed E-state index contributed by atoms with van der Waals surface area (Å²) in [6.07, 6.45) is 3.05. The Balaban J connectivity index is 1.54. The molecule has 0 spiro atoms. The number of nitrogens with one attached hydrogen (secondary N) is 1. The smallest absolute Gasteiger partial charge is 0.242 e. The van der Waals surface area contributed by atoms with Crippen molar-refractivity contribution in [2.24, 2.45) is 5.41 Å². The molecule has 1 saturated carbocycles. The molecule has 26 heavy (non-hydrogen) atoms. The number of hydrogen-bond acceptors (Lipinski definition) is 2. The van der Waals surface area contributed by atoms with Crippen LogP contribution in [0.3, 0.4) is 0 Å². The second-order valence-electron chi connectivity index (χ2n) is 7.44. The van der Waals surface area contributed by atoms with E-state index in [0.717, 1.165) is 24.2 Å². The van der Waals surface area contributed by atoms with Crippen molar-refractivity contribution < 1.29 is 9.59 Å². The molecule has 1 aliphatic carbocycles. The second-order valence-corrected chi connectivity index (χ2v) is 7.44. The molecule has 1 atom stereocenters. The third kappa shape index (κ3) is 2.70. The molecule has 4 rings (SSSR count). The zero-order valence-electron chi connectivity index (χ0n) is 15.3. The van der Waals surface area contributed by atoms with Crippen LogP contribution in [-0.2, 0) is 22.4 Å². The number of carbonyl (C=O) groups excluding carboxylic acids is 2. The van der Waals surface area contributed by atoms with Crippen LogP contribution in [0.5, 0.6) is 0 Å². The van der Waals surface area contributed by atoms with E-state index in [1.54, 1.807) is 0 Å². The quantitative estimate of drug-likeness (QED) is 0.851. The number of rotatable bonds is 4. The lowest BCUT2D eigenvalue weighted by Gasteiger charge is -2.27. The van der Waals surface area contributed by atoms with Crippen molar-refractivity contribution >= 4 is 23.2 Å². The molecule has 1 N–H and O–H groups in total. The Kier molecular flexibility index (Phi) is 4.06. The van der Waals surface area contributed by atoms with E-state index in [1.807, 2.05) is 47.4 Å². The molecule has 0 saturated heterocycles. The van der Waals surface area contributed by atoms with Gasteiger partial charge in [-0.1, -0.05) is 37.3 Å². The predicted octanol–water partition coefficient (Wildman–Crippen LogP) is 3.95. The maximum absolute atomic E-state index is 13.3. The first-order valence-corrected chi connectivity index (χ1v) is 9.37. The van der Waals surface area contributed by atoms with E-state index in [2.05, 4.69) is 25.2 Å². The number of anilines is 2. The third-order valence-electron chi connectivity index (χ3n) is 5.64. The molecular formula is C22H24N2O2. The minimum atomic E-state index is -0.908. The normalized spacial score (nSPS) is 19.8. The zero-order chi connectivity index (χ0) is 18.3. The van der Waals surface area contributed by atoms with Gasteiger partial charge in [-0.3, -0.25) is 9.59 Å². The van der Waals surface area contributed by atoms with Gasteiger partial charge in [0.2, 0.25) is 11.8 Å². The van der Waals surface area contributed by atoms with Crippen molar-refractivity contribution in [1.82, 2.24) is 0 Å². The van der Waals surface area contributed by atoms with Crippen LogP contribution in [0.15, 0.2) is 48.5 Å². The van der Waals surface area contributed by atoms with Crippen molar-refractivity contribution in [1.29, 1.82) is 0 Å². The Morgan fingerprint density at radius 3 is 2.46 bits per heavy atom. The van der Waals surface area contributed by atoms with Crippen molar-refractivity contribution in [3.63, 3.8) is 0 Å². The molecule has 0 radical (unpaired) electrons. The Bertz CT molecular complexity index is 853. The van der Waals surface area contributed by atoms with E-state index in [9.17, 15) is 9.59 Å². The third-order valence-corrected chi connectivity index (χ3v) is 5.64. The van der Waals surface area contributed by atoms with Gasteiger partial charge in [-0.25, -0.2) is 0 Å². The Hall–Kier alpha value is -2.62. The molecule has 1 aliphatic heterocycles. The number of nitrogens with zero attached hydrogens (tertiary/aromatic N) is 1. The van der Waals surface area contributed by atoms with E-state index in [0.29, 0.717) is 12.8 Å². The van der Waals surface area contributed by atoms with Gasteiger partial charge in [0.25, 0.3) is 0 Å². The van der Waals surface area contributed by atoms with Crippen LogP contribution in [0.4, 0.5) is 11.4 Å². The van der Waals surface area contributed by atoms with Gasteiger partial charge >= 0.3 is 0 Å². The molecular weight excluding hydrogens is 324 g/mol. The summed E-state index contributed by atoms with van der Waals surface area (Å²) in [6, 6.07) is 15.9. The largest absolute Gasteiger partial charge is 0.325 e. The first-order chi connectivity index (χ1) is 12.5. The minimum absolute atomic E-state index is 0.0578. The average molecular weight is 348 g/mol. The summed E-state index contributed by atoms with van der Waals surface area (Å²) >= 11 is 0. The van der Waals surface area contributed by atoms with Gasteiger partial charge in [-0.05, 0) is 61.9 Å². The van der Waals surface area contributed by atoms with Gasteiger partial charge in [-0.2, -0.15) is 0 Å². The molecule has 1 heterocycles. The van der Waals surface area contributed by atoms with Crippen LogP contribution in [0, 0.1) is 5.41 Å². The molecule has 1 fully saturated rings. The molecule has 134 valence electrons. The SMILES string of the molecule is CCc1ccc(NC(=O)C2(C(=O)N3c4ccccc4CC3C)CC2)cc1. The summed E-state index contributed by atoms with van der Waals surface area (Å²) < 4.78 is 0. The number of benzene rings is 2. The molecule has 4 nitrogen and oxygen atoms in total. The molecule has 0 aromatic heterocycles. The van der Waals surface area contributed by atoms with Crippen molar-refractivity contribution in [2.45, 2.75) is 45.6 Å². The van der Waals surface area contributed by atoms with Crippen molar-refractivity contribution in [2.75, 3.05) is 10.2 Å². The van der Waals surface area contributed by atoms with Gasteiger partial charge < -0.3 is 10.2 Å². The molecule has 2 aliphatic rings. The van der Waals surface area contributed by atoms with E-state index >= 15 is 0 Å². The highest BCUT2D eigenvalue weighted by molar-refractivity contribution is 6.18. The Morgan fingerprint density at radius 2 is 1.81 bits per heavy atom. The van der Waals surface area contributed by atoms with Gasteiger partial charge in [-0.15, -0.1) is 0 Å². The lowest BCUT2D eigenvalue weighted by Crippen LogP contribution is -2.45. The lowest BCUT2D eigenvalue weighted by atomic mass is 10.0. The van der Waals surface area contributed by atoms with E-state index in [-0.39, 0.29) is 17.9 Å². The molecule has 2 amide bonds. The summed E-state index contributed by atoms with van der Waals surface area (Å²) in [6.45, 7) is 4.15. The molecule has 1 unspecified atom stereocenters. The Labute approximate surface area is 154 Å². The van der Waals surface area contributed by atoms with E-state index in [4.69, 9.17) is 0 Å². The topological polar surface area (TPSA) is 49.4 Å². The highest BCUT2D eigenvalue weighted by atomic mass is 16.2. The van der Waals surface area contributed by atoms with Crippen LogP contribution >= 0.6 is 0 Å². The Morgan fingerprint density at radius 1 is 1.12 bits per heavy atom. The number of carbonyl (C=O) groups is 2. The maximum atomic E-state index is 13.3. The highest BCUT2D eigenvalue weighted by Crippen LogP contribution is 2.50. The molecule has 4 heteroatoms. The molecule has 0 bridgehead atoms. The standard InChI is InChI=1S/C22H24N2O2/c1-3-16-8-10-18(11-9-16)23-20(25)22(12-13-22)21(26)24-15(2)14-17-6-4-5-7-19(17)24/h4-11,15H,3,12-14H2,1-2H3,(H,23,25). The number of para-hydroxylation sites is 1. The van der Waals surface area contributed by atoms with Gasteiger partial charge in [0.1, 0.15) is 5.41 Å². The van der Waals surface area contributed by atoms with Gasteiger partial charge in [0.15, 0.2) is 0 Å². The van der Waals surface area contributed by atoms with E-state index < -0.39 is 5.41 Å². The first-order valence-electron chi connectivity index (χ1n) is 9.37. The van der Waals surface area contributed by atoms with Crippen molar-refractivity contribution in [3.05, 3.63) is 59.7 Å². The first kappa shape index (κ1) is 16.8. The molecule has 2 aromatic carbocycles. The monoisotopic (exact) mass is 348 g/mol. The highest BCUT2D eigenvalue weighted by Gasteiger charge is 2.59. The fourth-order valence-corrected chi connectivity index (χ4v) is 3.84. The second kappa shape index (κ2) is 6.27. The summed E-state index contributed by atoms with van der Waals surface area (Å²) in [5, 5.41) is 2.95. The van der Waals surface area contributed by atoms with Gasteiger partial charge in [0, 0.05) is 17.4 Å². The van der Waals surface area contributed by atoms with E-state index in [1.165, 1.54) is 11.1 Å². The van der Waals surface area contributed by atoms with Crippen molar-refractivity contribution in [3.8, 4) is 0 Å². The summed E-state index contributed by atoms with van der Waals surface area (Å²) in [5.41, 5.74) is 3.20. The van der Waals surface area contributed by atoms with Crippen LogP contribution in [0.25, 0.3) is 0 Å². The van der Waals surface area contributed by atoms with Crippen LogP contribution < -0.4 is 10.2 Å². The predicted molar refractivity (Wildman–Crippen MR) is 103 cm³/mol. The van der Waals surface area contributed by atoms with Crippen LogP contribution in [0.1, 0.15) is 37.8 Å². The summed E-state index contributed by atoms with van der Waals surface area (Å²) in [4.78, 5) is 28.0. The summed E-state index contributed by atoms with van der Waals surface area (Å²) in [5.74, 6) is -0.235. The fourth-order valence-electron chi connectivity index (χ4n) is 3.84. The number of aryl methyl sites for hydroxylation is 1. The fraction of sp³-hybridized carbons (Fsp3) is 0.364. The lowest BCUT2D eigenvalue weighted by molar-refractivity contribution is -0.132. The summed E-state index contributed by atoms with van der Waals surface area (Å²) in [7, 11) is 0. The maximum Gasteiger partial charge on any atom is 0.242 e. The average Bonchev–Trinajstić information content (AvgIpc) is 3.39. The van der Waals surface area contributed by atoms with Gasteiger partial charge in [0.05, 0.1) is 0 Å². The number of fused-ring (bicyclic) bond motifs is 1. The zero-order valence-corrected chi connectivity index (χ0v) is 15.3. The van der Waals surface area contributed by atoms with Crippen LogP contribution in [0.2, 0.25) is 0 Å². The number of amides is 2. The minimum Gasteiger partial charge on any atom is -0.325 e.